The number of fused-ring (bicyclic) bond motifs is 1. The van der Waals surface area contributed by atoms with Crippen LogP contribution in [0.1, 0.15) is 24.4 Å². The molecule has 3 nitrogen and oxygen atoms in total. The van der Waals surface area contributed by atoms with E-state index >= 15 is 0 Å². The van der Waals surface area contributed by atoms with E-state index in [9.17, 15) is 0 Å². The lowest BCUT2D eigenvalue weighted by Crippen LogP contribution is -2.17. The van der Waals surface area contributed by atoms with Crippen LogP contribution in [0.3, 0.4) is 0 Å². The summed E-state index contributed by atoms with van der Waals surface area (Å²) in [4.78, 5) is 4.59. The van der Waals surface area contributed by atoms with Crippen LogP contribution in [0.15, 0.2) is 24.4 Å². The molecule has 3 rings (SSSR count). The lowest BCUT2D eigenvalue weighted by molar-refractivity contribution is 0.655. The SMILES string of the molecule is Cc1nc(CNC2CC2)n2ccccc12. The molecular formula is C12H15N3. The number of hydrogen-bond acceptors (Lipinski definition) is 2. The van der Waals surface area contributed by atoms with Crippen molar-refractivity contribution < 1.29 is 0 Å². The number of pyridine rings is 1. The molecule has 0 unspecified atom stereocenters. The lowest BCUT2D eigenvalue weighted by Gasteiger charge is -2.01. The van der Waals surface area contributed by atoms with Crippen LogP contribution in [-0.4, -0.2) is 15.4 Å². The second-order valence-electron chi connectivity index (χ2n) is 4.22. The molecule has 0 aromatic carbocycles. The van der Waals surface area contributed by atoms with E-state index in [1.807, 2.05) is 0 Å². The highest BCUT2D eigenvalue weighted by atomic mass is 15.1. The topological polar surface area (TPSA) is 29.3 Å². The van der Waals surface area contributed by atoms with Gasteiger partial charge in [-0.1, -0.05) is 6.07 Å². The van der Waals surface area contributed by atoms with E-state index in [2.05, 4.69) is 46.0 Å². The Balaban J connectivity index is 1.94. The molecule has 1 N–H and O–H groups in total. The molecule has 0 radical (unpaired) electrons. The molecule has 3 heteroatoms. The van der Waals surface area contributed by atoms with Crippen LogP contribution in [-0.2, 0) is 6.54 Å². The highest BCUT2D eigenvalue weighted by Crippen LogP contribution is 2.19. The van der Waals surface area contributed by atoms with E-state index in [1.165, 1.54) is 18.4 Å². The highest BCUT2D eigenvalue weighted by molar-refractivity contribution is 5.52. The lowest BCUT2D eigenvalue weighted by atomic mass is 10.3. The average molecular weight is 201 g/mol. The minimum absolute atomic E-state index is 0.737. The number of aromatic nitrogens is 2. The molecule has 2 aromatic heterocycles. The fourth-order valence-electron chi connectivity index (χ4n) is 1.92. The normalized spacial score (nSPS) is 16.1. The largest absolute Gasteiger partial charge is 0.307 e. The monoisotopic (exact) mass is 201 g/mol. The molecule has 0 amide bonds. The van der Waals surface area contributed by atoms with Gasteiger partial charge in [-0.2, -0.15) is 0 Å². The molecular weight excluding hydrogens is 186 g/mol. The first-order valence-corrected chi connectivity index (χ1v) is 5.50. The van der Waals surface area contributed by atoms with Crippen molar-refractivity contribution in [2.45, 2.75) is 32.4 Å². The Bertz CT molecular complexity index is 483. The number of rotatable bonds is 3. The average Bonchev–Trinajstić information content (AvgIpc) is 3.03. The van der Waals surface area contributed by atoms with E-state index in [4.69, 9.17) is 0 Å². The third-order valence-corrected chi connectivity index (χ3v) is 2.93. The Morgan fingerprint density at radius 1 is 1.47 bits per heavy atom. The van der Waals surface area contributed by atoms with Gasteiger partial charge >= 0.3 is 0 Å². The zero-order valence-corrected chi connectivity index (χ0v) is 8.90. The maximum absolute atomic E-state index is 4.59. The molecule has 0 spiro atoms. The van der Waals surface area contributed by atoms with Gasteiger partial charge in [0.05, 0.1) is 17.8 Å². The van der Waals surface area contributed by atoms with Crippen molar-refractivity contribution in [3.63, 3.8) is 0 Å². The Hall–Kier alpha value is -1.35. The minimum atomic E-state index is 0.737. The third-order valence-electron chi connectivity index (χ3n) is 2.93. The Morgan fingerprint density at radius 3 is 3.13 bits per heavy atom. The van der Waals surface area contributed by atoms with Gasteiger partial charge in [-0.25, -0.2) is 4.98 Å². The molecule has 0 aliphatic heterocycles. The summed E-state index contributed by atoms with van der Waals surface area (Å²) in [5, 5.41) is 3.50. The van der Waals surface area contributed by atoms with Crippen molar-refractivity contribution >= 4 is 5.52 Å². The summed E-state index contributed by atoms with van der Waals surface area (Å²) in [7, 11) is 0. The van der Waals surface area contributed by atoms with E-state index in [0.717, 1.165) is 24.1 Å². The van der Waals surface area contributed by atoms with Crippen LogP contribution in [0, 0.1) is 6.92 Å². The molecule has 78 valence electrons. The van der Waals surface area contributed by atoms with Crippen molar-refractivity contribution in [1.29, 1.82) is 0 Å². The summed E-state index contributed by atoms with van der Waals surface area (Å²) < 4.78 is 2.17. The Labute approximate surface area is 89.1 Å². The molecule has 1 aliphatic rings. The fourth-order valence-corrected chi connectivity index (χ4v) is 1.92. The third kappa shape index (κ3) is 1.63. The molecule has 0 bridgehead atoms. The maximum atomic E-state index is 4.59. The van der Waals surface area contributed by atoms with Crippen LogP contribution in [0.25, 0.3) is 5.52 Å². The molecule has 1 fully saturated rings. The second-order valence-corrected chi connectivity index (χ2v) is 4.22. The number of nitrogens with one attached hydrogen (secondary N) is 1. The highest BCUT2D eigenvalue weighted by Gasteiger charge is 2.20. The van der Waals surface area contributed by atoms with Gasteiger partial charge in [-0.05, 0) is 31.9 Å². The molecule has 1 aliphatic carbocycles. The van der Waals surface area contributed by atoms with E-state index in [-0.39, 0.29) is 0 Å². The molecule has 2 aromatic rings. The zero-order valence-electron chi connectivity index (χ0n) is 8.90. The van der Waals surface area contributed by atoms with Gasteiger partial charge in [0.2, 0.25) is 0 Å². The summed E-state index contributed by atoms with van der Waals surface area (Å²) >= 11 is 0. The molecule has 1 saturated carbocycles. The van der Waals surface area contributed by atoms with Crippen LogP contribution < -0.4 is 5.32 Å². The van der Waals surface area contributed by atoms with Crippen LogP contribution in [0.2, 0.25) is 0 Å². The van der Waals surface area contributed by atoms with Crippen molar-refractivity contribution in [3.05, 3.63) is 35.9 Å². The van der Waals surface area contributed by atoms with E-state index in [1.54, 1.807) is 0 Å². The van der Waals surface area contributed by atoms with Gasteiger partial charge in [-0.15, -0.1) is 0 Å². The zero-order chi connectivity index (χ0) is 10.3. The van der Waals surface area contributed by atoms with Crippen molar-refractivity contribution in [2.75, 3.05) is 0 Å². The molecule has 15 heavy (non-hydrogen) atoms. The second kappa shape index (κ2) is 3.35. The first-order chi connectivity index (χ1) is 7.34. The van der Waals surface area contributed by atoms with Crippen molar-refractivity contribution in [3.8, 4) is 0 Å². The number of imidazole rings is 1. The quantitative estimate of drug-likeness (QED) is 0.821. The number of hydrogen-bond donors (Lipinski definition) is 1. The fraction of sp³-hybridized carbons (Fsp3) is 0.417. The standard InChI is InChI=1S/C12H15N3/c1-9-11-4-2-3-7-15(11)12(14-9)8-13-10-5-6-10/h2-4,7,10,13H,5-6,8H2,1H3. The summed E-state index contributed by atoms with van der Waals surface area (Å²) in [6.07, 6.45) is 4.73. The van der Waals surface area contributed by atoms with Gasteiger partial charge in [0.25, 0.3) is 0 Å². The summed E-state index contributed by atoms with van der Waals surface area (Å²) in [5.41, 5.74) is 2.33. The smallest absolute Gasteiger partial charge is 0.127 e. The van der Waals surface area contributed by atoms with Crippen molar-refractivity contribution in [1.82, 2.24) is 14.7 Å². The number of nitrogens with zero attached hydrogens (tertiary/aromatic N) is 2. The van der Waals surface area contributed by atoms with Gasteiger partial charge in [-0.3, -0.25) is 0 Å². The Kier molecular flexibility index (Phi) is 1.99. The summed E-state index contributed by atoms with van der Waals surface area (Å²) in [5.74, 6) is 1.12. The van der Waals surface area contributed by atoms with Gasteiger partial charge < -0.3 is 9.72 Å². The summed E-state index contributed by atoms with van der Waals surface area (Å²) in [6, 6.07) is 6.96. The Morgan fingerprint density at radius 2 is 2.33 bits per heavy atom. The molecule has 2 heterocycles. The minimum Gasteiger partial charge on any atom is -0.307 e. The predicted octanol–water partition coefficient (Wildman–Crippen LogP) is 1.89. The van der Waals surface area contributed by atoms with E-state index in [0.29, 0.717) is 0 Å². The molecule has 0 saturated heterocycles. The first kappa shape index (κ1) is 8.92. The van der Waals surface area contributed by atoms with Crippen LogP contribution >= 0.6 is 0 Å². The van der Waals surface area contributed by atoms with Gasteiger partial charge in [0.1, 0.15) is 5.82 Å². The summed E-state index contributed by atoms with van der Waals surface area (Å²) in [6.45, 7) is 2.94. The van der Waals surface area contributed by atoms with E-state index < -0.39 is 0 Å². The van der Waals surface area contributed by atoms with Crippen LogP contribution in [0.4, 0.5) is 0 Å². The number of aryl methyl sites for hydroxylation is 1. The van der Waals surface area contributed by atoms with Crippen molar-refractivity contribution in [2.24, 2.45) is 0 Å². The van der Waals surface area contributed by atoms with Gasteiger partial charge in [0.15, 0.2) is 0 Å². The molecule has 0 atom stereocenters. The first-order valence-electron chi connectivity index (χ1n) is 5.50. The van der Waals surface area contributed by atoms with Gasteiger partial charge in [0, 0.05) is 12.2 Å². The predicted molar refractivity (Wildman–Crippen MR) is 59.8 cm³/mol. The van der Waals surface area contributed by atoms with Crippen LogP contribution in [0.5, 0.6) is 0 Å². The maximum Gasteiger partial charge on any atom is 0.127 e.